The number of allylic oxidation sites excluding steroid dienone is 7. The van der Waals surface area contributed by atoms with Crippen molar-refractivity contribution >= 4 is 0 Å². The van der Waals surface area contributed by atoms with Crippen molar-refractivity contribution in [3.05, 3.63) is 143 Å². The van der Waals surface area contributed by atoms with Gasteiger partial charge in [-0.05, 0) is 48.9 Å². The van der Waals surface area contributed by atoms with E-state index in [0.717, 1.165) is 18.4 Å². The van der Waals surface area contributed by atoms with E-state index in [2.05, 4.69) is 120 Å². The first-order valence-corrected chi connectivity index (χ1v) is 14.6. The van der Waals surface area contributed by atoms with Crippen LogP contribution in [0.5, 0.6) is 0 Å². The summed E-state index contributed by atoms with van der Waals surface area (Å²) in [5.74, 6) is 1.14. The van der Waals surface area contributed by atoms with Crippen molar-refractivity contribution in [3.63, 3.8) is 0 Å². The van der Waals surface area contributed by atoms with Crippen LogP contribution in [0.3, 0.4) is 0 Å². The standard InChI is InChI=1S/C36H35N3/c37-24-25-11-8-14-27(23-25)29-17-9-21-33(29)39-34-20-7-5-16-30(34)36-32(19-10-22-35(36)39)38-31-18-6-4-15-28(31)26-12-2-1-3-13-26/h1-8,11-16,18-20,23,28-31,33-34,38H,9-10,17,21-22H2/t28?,29-,30?,31?,33?,34?/m1/s1. The predicted octanol–water partition coefficient (Wildman–Crippen LogP) is 7.42. The molecule has 0 aromatic heterocycles. The van der Waals surface area contributed by atoms with Crippen molar-refractivity contribution in [2.75, 3.05) is 0 Å². The van der Waals surface area contributed by atoms with Crippen LogP contribution in [0.1, 0.15) is 60.6 Å². The van der Waals surface area contributed by atoms with Gasteiger partial charge >= 0.3 is 0 Å². The van der Waals surface area contributed by atoms with Crippen molar-refractivity contribution < 1.29 is 0 Å². The van der Waals surface area contributed by atoms with Crippen LogP contribution >= 0.6 is 0 Å². The van der Waals surface area contributed by atoms with Gasteiger partial charge in [-0.15, -0.1) is 0 Å². The molecule has 0 amide bonds. The van der Waals surface area contributed by atoms with Gasteiger partial charge in [0.05, 0.1) is 23.7 Å². The Morgan fingerprint density at radius 1 is 0.821 bits per heavy atom. The van der Waals surface area contributed by atoms with Gasteiger partial charge in [0.15, 0.2) is 0 Å². The monoisotopic (exact) mass is 509 g/mol. The quantitative estimate of drug-likeness (QED) is 0.456. The maximum Gasteiger partial charge on any atom is 0.0991 e. The molecule has 3 nitrogen and oxygen atoms in total. The predicted molar refractivity (Wildman–Crippen MR) is 158 cm³/mol. The summed E-state index contributed by atoms with van der Waals surface area (Å²) in [6, 6.07) is 22.6. The Bertz CT molecular complexity index is 1460. The molecule has 4 aliphatic carbocycles. The van der Waals surface area contributed by atoms with E-state index in [4.69, 9.17) is 0 Å². The zero-order valence-electron chi connectivity index (χ0n) is 22.3. The second kappa shape index (κ2) is 10.3. The molecule has 1 heterocycles. The second-order valence-corrected chi connectivity index (χ2v) is 11.4. The largest absolute Gasteiger partial charge is 0.378 e. The summed E-state index contributed by atoms with van der Waals surface area (Å²) in [4.78, 5) is 2.80. The van der Waals surface area contributed by atoms with Crippen LogP contribution in [0.2, 0.25) is 0 Å². The van der Waals surface area contributed by atoms with Crippen LogP contribution in [0, 0.1) is 17.2 Å². The molecule has 0 saturated heterocycles. The molecule has 194 valence electrons. The van der Waals surface area contributed by atoms with Crippen LogP contribution in [-0.4, -0.2) is 23.0 Å². The fraction of sp³-hybridized carbons (Fsp3) is 0.306. The molecule has 5 aliphatic rings. The number of hydrogen-bond acceptors (Lipinski definition) is 3. The van der Waals surface area contributed by atoms with Crippen LogP contribution in [-0.2, 0) is 0 Å². The van der Waals surface area contributed by atoms with E-state index >= 15 is 0 Å². The highest BCUT2D eigenvalue weighted by atomic mass is 15.2. The number of fused-ring (bicyclic) bond motifs is 2. The van der Waals surface area contributed by atoms with E-state index in [9.17, 15) is 5.26 Å². The van der Waals surface area contributed by atoms with E-state index in [1.165, 1.54) is 47.4 Å². The summed E-state index contributed by atoms with van der Waals surface area (Å²) in [6.45, 7) is 0. The normalized spacial score (nSPS) is 30.6. The minimum Gasteiger partial charge on any atom is -0.378 e. The van der Waals surface area contributed by atoms with Crippen molar-refractivity contribution in [2.45, 2.75) is 62.1 Å². The third-order valence-corrected chi connectivity index (χ3v) is 9.32. The van der Waals surface area contributed by atoms with Gasteiger partial charge < -0.3 is 10.2 Å². The average molecular weight is 510 g/mol. The van der Waals surface area contributed by atoms with Crippen molar-refractivity contribution in [1.82, 2.24) is 10.2 Å². The smallest absolute Gasteiger partial charge is 0.0991 e. The Morgan fingerprint density at radius 2 is 1.62 bits per heavy atom. The van der Waals surface area contributed by atoms with E-state index in [1.807, 2.05) is 6.07 Å². The maximum atomic E-state index is 9.54. The number of hydrogen-bond donors (Lipinski definition) is 1. The molecular formula is C36H35N3. The number of rotatable bonds is 5. The Balaban J connectivity index is 1.23. The number of nitriles is 1. The molecule has 1 fully saturated rings. The van der Waals surface area contributed by atoms with Gasteiger partial charge in [-0.3, -0.25) is 0 Å². The summed E-state index contributed by atoms with van der Waals surface area (Å²) in [6.07, 6.45) is 26.6. The van der Waals surface area contributed by atoms with Crippen LogP contribution < -0.4 is 5.32 Å². The summed E-state index contributed by atoms with van der Waals surface area (Å²) in [7, 11) is 0. The summed E-state index contributed by atoms with van der Waals surface area (Å²) in [5, 5.41) is 13.6. The van der Waals surface area contributed by atoms with E-state index in [-0.39, 0.29) is 6.04 Å². The second-order valence-electron chi connectivity index (χ2n) is 11.4. The Hall–Kier alpha value is -4.03. The van der Waals surface area contributed by atoms with Gasteiger partial charge in [0.2, 0.25) is 0 Å². The van der Waals surface area contributed by atoms with Gasteiger partial charge in [0, 0.05) is 40.8 Å². The lowest BCUT2D eigenvalue weighted by atomic mass is 9.84. The van der Waals surface area contributed by atoms with Gasteiger partial charge in [-0.2, -0.15) is 5.26 Å². The average Bonchev–Trinajstić information content (AvgIpc) is 3.61. The fourth-order valence-electron chi connectivity index (χ4n) is 7.68. The molecular weight excluding hydrogens is 474 g/mol. The topological polar surface area (TPSA) is 39.1 Å². The van der Waals surface area contributed by atoms with E-state index < -0.39 is 0 Å². The molecule has 3 heteroatoms. The Morgan fingerprint density at radius 3 is 2.49 bits per heavy atom. The first-order valence-electron chi connectivity index (χ1n) is 14.6. The molecule has 7 rings (SSSR count). The highest BCUT2D eigenvalue weighted by Crippen LogP contribution is 2.50. The van der Waals surface area contributed by atoms with Crippen LogP contribution in [0.4, 0.5) is 0 Å². The third-order valence-electron chi connectivity index (χ3n) is 9.32. The Labute approximate surface area is 232 Å². The molecule has 1 N–H and O–H groups in total. The molecule has 1 saturated carbocycles. The molecule has 5 unspecified atom stereocenters. The molecule has 39 heavy (non-hydrogen) atoms. The molecule has 1 aliphatic heterocycles. The van der Waals surface area contributed by atoms with Gasteiger partial charge in [-0.1, -0.05) is 104 Å². The minimum absolute atomic E-state index is 0.221. The number of nitrogens with zero attached hydrogens (tertiary/aromatic N) is 2. The summed E-state index contributed by atoms with van der Waals surface area (Å²) < 4.78 is 0. The lowest BCUT2D eigenvalue weighted by Crippen LogP contribution is -2.42. The number of benzene rings is 2. The minimum atomic E-state index is 0.221. The van der Waals surface area contributed by atoms with Crippen molar-refractivity contribution in [2.24, 2.45) is 5.92 Å². The van der Waals surface area contributed by atoms with E-state index in [1.54, 1.807) is 0 Å². The van der Waals surface area contributed by atoms with Crippen molar-refractivity contribution in [1.29, 1.82) is 5.26 Å². The first kappa shape index (κ1) is 24.0. The van der Waals surface area contributed by atoms with Crippen molar-refractivity contribution in [3.8, 4) is 6.07 Å². The fourth-order valence-corrected chi connectivity index (χ4v) is 7.68. The number of nitrogens with one attached hydrogen (secondary N) is 1. The van der Waals surface area contributed by atoms with E-state index in [0.29, 0.717) is 29.8 Å². The Kier molecular flexibility index (Phi) is 6.33. The molecule has 2 aromatic carbocycles. The molecule has 0 bridgehead atoms. The molecule has 2 aromatic rings. The van der Waals surface area contributed by atoms with Gasteiger partial charge in [0.1, 0.15) is 0 Å². The van der Waals surface area contributed by atoms with Crippen LogP contribution in [0.15, 0.2) is 126 Å². The molecule has 0 radical (unpaired) electrons. The zero-order chi connectivity index (χ0) is 26.2. The summed E-state index contributed by atoms with van der Waals surface area (Å²) >= 11 is 0. The molecule has 0 spiro atoms. The lowest BCUT2D eigenvalue weighted by Gasteiger charge is -2.39. The van der Waals surface area contributed by atoms with Crippen LogP contribution in [0.25, 0.3) is 0 Å². The lowest BCUT2D eigenvalue weighted by molar-refractivity contribution is 0.198. The van der Waals surface area contributed by atoms with Gasteiger partial charge in [0.25, 0.3) is 0 Å². The third kappa shape index (κ3) is 4.29. The summed E-state index contributed by atoms with van der Waals surface area (Å²) in [5.41, 5.74) is 7.80. The van der Waals surface area contributed by atoms with Gasteiger partial charge in [-0.25, -0.2) is 0 Å². The highest BCUT2D eigenvalue weighted by molar-refractivity contribution is 5.50. The maximum absolute atomic E-state index is 9.54. The SMILES string of the molecule is N#Cc1cccc([C@H]2CCCC2N2C3=C(C(NC4C=CC=CC4c4ccccc4)=CCC3)C3C=CC=CC32)c1. The molecule has 6 atom stereocenters. The first-order chi connectivity index (χ1) is 19.3. The zero-order valence-corrected chi connectivity index (χ0v) is 22.3. The highest BCUT2D eigenvalue weighted by Gasteiger charge is 2.47.